The minimum Gasteiger partial charge on any atom is -0.392 e. The van der Waals surface area contributed by atoms with Gasteiger partial charge in [0, 0.05) is 7.05 Å². The van der Waals surface area contributed by atoms with Crippen molar-refractivity contribution in [2.45, 2.75) is 33.2 Å². The second-order valence-corrected chi connectivity index (χ2v) is 5.07. The zero-order chi connectivity index (χ0) is 13.9. The Bertz CT molecular complexity index is 453. The van der Waals surface area contributed by atoms with Crippen LogP contribution < -0.4 is 11.1 Å². The molecule has 0 aliphatic heterocycles. The Morgan fingerprint density at radius 3 is 2.61 bits per heavy atom. The number of thiocarbonyl (C=S) groups is 1. The fraction of sp³-hybridized carbons (Fsp3) is 0.583. The van der Waals surface area contributed by atoms with E-state index < -0.39 is 0 Å². The Hall–Kier alpha value is -1.43. The van der Waals surface area contributed by atoms with E-state index in [4.69, 9.17) is 18.0 Å². The molecule has 6 heteroatoms. The first-order chi connectivity index (χ1) is 8.36. The van der Waals surface area contributed by atoms with Crippen molar-refractivity contribution in [1.82, 2.24) is 15.1 Å². The summed E-state index contributed by atoms with van der Waals surface area (Å²) in [7, 11) is 1.75. The molecule has 0 saturated carbocycles. The lowest BCUT2D eigenvalue weighted by Gasteiger charge is -2.20. The number of carbonyl (C=O) groups excluding carboxylic acids is 1. The van der Waals surface area contributed by atoms with Crippen LogP contribution in [-0.4, -0.2) is 26.7 Å². The molecule has 0 fully saturated rings. The molecular formula is C12H20N4OS. The molecule has 0 radical (unpaired) electrons. The van der Waals surface area contributed by atoms with Crippen molar-refractivity contribution >= 4 is 23.1 Å². The lowest BCUT2D eigenvalue weighted by molar-refractivity contribution is 0.0930. The minimum absolute atomic E-state index is 0.158. The van der Waals surface area contributed by atoms with Crippen LogP contribution >= 0.6 is 12.2 Å². The average molecular weight is 268 g/mol. The molecule has 0 aliphatic carbocycles. The number of nitrogens with two attached hydrogens (primary N) is 1. The number of hydrogen-bond acceptors (Lipinski definition) is 3. The molecule has 1 aromatic rings. The first-order valence-electron chi connectivity index (χ1n) is 5.99. The number of rotatable bonds is 5. The fourth-order valence-corrected chi connectivity index (χ4v) is 2.02. The highest BCUT2D eigenvalue weighted by Crippen LogP contribution is 2.07. The quantitative estimate of drug-likeness (QED) is 0.782. The van der Waals surface area contributed by atoms with E-state index in [-0.39, 0.29) is 17.9 Å². The van der Waals surface area contributed by atoms with Gasteiger partial charge in [0.05, 0.1) is 16.7 Å². The number of carbonyl (C=O) groups is 1. The zero-order valence-corrected chi connectivity index (χ0v) is 12.0. The van der Waals surface area contributed by atoms with Gasteiger partial charge in [-0.25, -0.2) is 0 Å². The number of aryl methyl sites for hydroxylation is 2. The molecule has 1 atom stereocenters. The standard InChI is InChI=1S/C12H20N4OS/c1-5-8-6-9(16(4)15-8)12(17)14-10(7(2)3)11(13)18/h6-7,10H,5H2,1-4H3,(H2,13,18)(H,14,17). The van der Waals surface area contributed by atoms with Crippen LogP contribution in [0.3, 0.4) is 0 Å². The molecule has 0 aliphatic rings. The van der Waals surface area contributed by atoms with Crippen LogP contribution in [0.15, 0.2) is 6.07 Å². The molecule has 1 rings (SSSR count). The van der Waals surface area contributed by atoms with Crippen molar-refractivity contribution < 1.29 is 4.79 Å². The van der Waals surface area contributed by atoms with Crippen LogP contribution in [0, 0.1) is 5.92 Å². The molecule has 0 bridgehead atoms. The first kappa shape index (κ1) is 14.6. The Labute approximate surface area is 113 Å². The second kappa shape index (κ2) is 5.95. The Balaban J connectivity index is 2.87. The molecule has 1 aromatic heterocycles. The largest absolute Gasteiger partial charge is 0.392 e. The minimum atomic E-state index is -0.299. The molecule has 100 valence electrons. The van der Waals surface area contributed by atoms with Gasteiger partial charge in [-0.05, 0) is 18.4 Å². The average Bonchev–Trinajstić information content (AvgIpc) is 2.66. The molecule has 0 saturated heterocycles. The summed E-state index contributed by atoms with van der Waals surface area (Å²) in [5, 5.41) is 7.08. The maximum absolute atomic E-state index is 12.1. The van der Waals surface area contributed by atoms with Crippen molar-refractivity contribution in [3.05, 3.63) is 17.5 Å². The predicted octanol–water partition coefficient (Wildman–Crippen LogP) is 1.02. The Kier molecular flexibility index (Phi) is 4.84. The third-order valence-electron chi connectivity index (χ3n) is 2.79. The molecule has 5 nitrogen and oxygen atoms in total. The van der Waals surface area contributed by atoms with Gasteiger partial charge in [-0.3, -0.25) is 9.48 Å². The molecule has 3 N–H and O–H groups in total. The number of nitrogens with zero attached hydrogens (tertiary/aromatic N) is 2. The highest BCUT2D eigenvalue weighted by atomic mass is 32.1. The maximum atomic E-state index is 12.1. The summed E-state index contributed by atoms with van der Waals surface area (Å²) in [6, 6.07) is 1.49. The van der Waals surface area contributed by atoms with Gasteiger partial charge in [-0.1, -0.05) is 33.0 Å². The van der Waals surface area contributed by atoms with Crippen molar-refractivity contribution in [2.24, 2.45) is 18.7 Å². The van der Waals surface area contributed by atoms with E-state index in [0.29, 0.717) is 10.7 Å². The molecule has 0 spiro atoms. The van der Waals surface area contributed by atoms with Gasteiger partial charge in [0.2, 0.25) is 0 Å². The normalized spacial score (nSPS) is 12.5. The molecule has 18 heavy (non-hydrogen) atoms. The Morgan fingerprint density at radius 2 is 2.22 bits per heavy atom. The third kappa shape index (κ3) is 3.29. The van der Waals surface area contributed by atoms with E-state index in [1.54, 1.807) is 17.8 Å². The van der Waals surface area contributed by atoms with Gasteiger partial charge in [-0.2, -0.15) is 5.10 Å². The lowest BCUT2D eigenvalue weighted by Crippen LogP contribution is -2.47. The van der Waals surface area contributed by atoms with Crippen LogP contribution in [0.1, 0.15) is 37.0 Å². The number of hydrogen-bond donors (Lipinski definition) is 2. The number of amides is 1. The maximum Gasteiger partial charge on any atom is 0.270 e. The van der Waals surface area contributed by atoms with Gasteiger partial charge >= 0.3 is 0 Å². The summed E-state index contributed by atoms with van der Waals surface area (Å²) in [6.45, 7) is 5.92. The topological polar surface area (TPSA) is 72.9 Å². The predicted molar refractivity (Wildman–Crippen MR) is 75.5 cm³/mol. The first-order valence-corrected chi connectivity index (χ1v) is 6.40. The van der Waals surface area contributed by atoms with Gasteiger partial charge in [0.25, 0.3) is 5.91 Å². The summed E-state index contributed by atoms with van der Waals surface area (Å²) < 4.78 is 1.57. The highest BCUT2D eigenvalue weighted by molar-refractivity contribution is 7.80. The van der Waals surface area contributed by atoms with Crippen molar-refractivity contribution in [3.8, 4) is 0 Å². The van der Waals surface area contributed by atoms with E-state index in [0.717, 1.165) is 12.1 Å². The summed E-state index contributed by atoms with van der Waals surface area (Å²) in [6.07, 6.45) is 0.796. The molecular weight excluding hydrogens is 248 g/mol. The van der Waals surface area contributed by atoms with E-state index >= 15 is 0 Å². The summed E-state index contributed by atoms with van der Waals surface area (Å²) in [5.74, 6) is -0.0403. The van der Waals surface area contributed by atoms with Gasteiger partial charge < -0.3 is 11.1 Å². The van der Waals surface area contributed by atoms with Crippen LogP contribution in [-0.2, 0) is 13.5 Å². The number of aromatic nitrogens is 2. The molecule has 1 heterocycles. The Morgan fingerprint density at radius 1 is 1.61 bits per heavy atom. The van der Waals surface area contributed by atoms with Gasteiger partial charge in [0.15, 0.2) is 0 Å². The SMILES string of the molecule is CCc1cc(C(=O)NC(C(N)=S)C(C)C)n(C)n1. The van der Waals surface area contributed by atoms with E-state index in [2.05, 4.69) is 10.4 Å². The van der Waals surface area contributed by atoms with Crippen LogP contribution in [0.2, 0.25) is 0 Å². The van der Waals surface area contributed by atoms with Crippen molar-refractivity contribution in [2.75, 3.05) is 0 Å². The lowest BCUT2D eigenvalue weighted by atomic mass is 10.0. The van der Waals surface area contributed by atoms with Gasteiger partial charge in [-0.15, -0.1) is 0 Å². The summed E-state index contributed by atoms with van der Waals surface area (Å²) >= 11 is 4.96. The summed E-state index contributed by atoms with van der Waals surface area (Å²) in [5.41, 5.74) is 7.04. The van der Waals surface area contributed by atoms with Crippen molar-refractivity contribution in [1.29, 1.82) is 0 Å². The molecule has 0 aromatic carbocycles. The third-order valence-corrected chi connectivity index (χ3v) is 3.04. The van der Waals surface area contributed by atoms with Gasteiger partial charge in [0.1, 0.15) is 5.69 Å². The smallest absolute Gasteiger partial charge is 0.270 e. The summed E-state index contributed by atoms with van der Waals surface area (Å²) in [4.78, 5) is 12.4. The van der Waals surface area contributed by atoms with E-state index in [1.165, 1.54) is 0 Å². The highest BCUT2D eigenvalue weighted by Gasteiger charge is 2.21. The van der Waals surface area contributed by atoms with Crippen LogP contribution in [0.25, 0.3) is 0 Å². The fourth-order valence-electron chi connectivity index (χ4n) is 1.69. The molecule has 1 unspecified atom stereocenters. The van der Waals surface area contributed by atoms with E-state index in [9.17, 15) is 4.79 Å². The van der Waals surface area contributed by atoms with Crippen molar-refractivity contribution in [3.63, 3.8) is 0 Å². The molecule has 1 amide bonds. The van der Waals surface area contributed by atoms with Crippen LogP contribution in [0.4, 0.5) is 0 Å². The monoisotopic (exact) mass is 268 g/mol. The second-order valence-electron chi connectivity index (χ2n) is 4.60. The zero-order valence-electron chi connectivity index (χ0n) is 11.2. The van der Waals surface area contributed by atoms with Crippen LogP contribution in [0.5, 0.6) is 0 Å². The number of nitrogens with one attached hydrogen (secondary N) is 1. The van der Waals surface area contributed by atoms with E-state index in [1.807, 2.05) is 20.8 Å².